The summed E-state index contributed by atoms with van der Waals surface area (Å²) in [6, 6.07) is 9.65. The molecule has 0 bridgehead atoms. The van der Waals surface area contributed by atoms with E-state index in [1.807, 2.05) is 44.2 Å². The van der Waals surface area contributed by atoms with Crippen LogP contribution < -0.4 is 0 Å². The van der Waals surface area contributed by atoms with Crippen molar-refractivity contribution in [2.45, 2.75) is 18.7 Å². The molecular weight excluding hydrogens is 267 g/mol. The van der Waals surface area contributed by atoms with Crippen molar-refractivity contribution >= 4 is 19.4 Å². The Kier molecular flexibility index (Phi) is 5.94. The van der Waals surface area contributed by atoms with E-state index in [1.165, 1.54) is 26.0 Å². The van der Waals surface area contributed by atoms with Gasteiger partial charge in [-0.3, -0.25) is 4.57 Å². The van der Waals surface area contributed by atoms with E-state index in [0.717, 1.165) is 10.5 Å². The summed E-state index contributed by atoms with van der Waals surface area (Å²) >= 11 is 1.34. The molecule has 0 aliphatic heterocycles. The Balaban J connectivity index is 3.18. The van der Waals surface area contributed by atoms with Gasteiger partial charge >= 0.3 is 7.60 Å². The fraction of sp³-hybridized carbons (Fsp3) is 0.308. The molecule has 18 heavy (non-hydrogen) atoms. The molecule has 0 saturated heterocycles. The van der Waals surface area contributed by atoms with Crippen molar-refractivity contribution in [3.63, 3.8) is 0 Å². The van der Waals surface area contributed by atoms with Gasteiger partial charge in [0.2, 0.25) is 0 Å². The molecule has 0 spiro atoms. The molecule has 0 radical (unpaired) electrons. The molecule has 0 N–H and O–H groups in total. The van der Waals surface area contributed by atoms with Crippen LogP contribution in [0.4, 0.5) is 0 Å². The maximum absolute atomic E-state index is 12.4. The van der Waals surface area contributed by atoms with E-state index in [-0.39, 0.29) is 0 Å². The van der Waals surface area contributed by atoms with E-state index in [0.29, 0.717) is 4.65 Å². The smallest absolute Gasteiger partial charge is 0.308 e. The van der Waals surface area contributed by atoms with Gasteiger partial charge in [-0.25, -0.2) is 0 Å². The van der Waals surface area contributed by atoms with Crippen molar-refractivity contribution in [3.05, 3.63) is 46.3 Å². The van der Waals surface area contributed by atoms with E-state index in [1.54, 1.807) is 0 Å². The van der Waals surface area contributed by atoms with Gasteiger partial charge < -0.3 is 9.05 Å². The summed E-state index contributed by atoms with van der Waals surface area (Å²) in [4.78, 5) is 0.968. The highest BCUT2D eigenvalue weighted by Crippen LogP contribution is 2.60. The number of hydrogen-bond acceptors (Lipinski definition) is 4. The van der Waals surface area contributed by atoms with E-state index in [4.69, 9.17) is 9.05 Å². The topological polar surface area (TPSA) is 35.5 Å². The first-order valence-electron chi connectivity index (χ1n) is 5.41. The molecule has 1 aromatic carbocycles. The summed E-state index contributed by atoms with van der Waals surface area (Å²) in [6.45, 7) is 3.78. The zero-order chi connectivity index (χ0) is 13.6. The van der Waals surface area contributed by atoms with Crippen LogP contribution in [-0.4, -0.2) is 14.2 Å². The van der Waals surface area contributed by atoms with Gasteiger partial charge in [0.15, 0.2) is 0 Å². The Labute approximate surface area is 112 Å². The van der Waals surface area contributed by atoms with Crippen LogP contribution in [0, 0.1) is 0 Å². The lowest BCUT2D eigenvalue weighted by Crippen LogP contribution is -1.90. The van der Waals surface area contributed by atoms with Gasteiger partial charge in [0, 0.05) is 19.1 Å². The summed E-state index contributed by atoms with van der Waals surface area (Å²) in [7, 11) is -0.508. The third-order valence-corrected chi connectivity index (χ3v) is 5.36. The monoisotopic (exact) mass is 284 g/mol. The van der Waals surface area contributed by atoms with Crippen molar-refractivity contribution in [1.29, 1.82) is 0 Å². The van der Waals surface area contributed by atoms with Crippen LogP contribution in [0.3, 0.4) is 0 Å². The zero-order valence-electron chi connectivity index (χ0n) is 11.0. The number of benzene rings is 1. The molecule has 0 unspecified atom stereocenters. The normalized spacial score (nSPS) is 10.9. The fourth-order valence-corrected chi connectivity index (χ4v) is 4.03. The zero-order valence-corrected chi connectivity index (χ0v) is 12.7. The van der Waals surface area contributed by atoms with Gasteiger partial charge in [-0.1, -0.05) is 35.7 Å². The highest BCUT2D eigenvalue weighted by molar-refractivity contribution is 8.10. The summed E-state index contributed by atoms with van der Waals surface area (Å²) in [5, 5.41) is 0. The minimum atomic E-state index is -3.26. The van der Waals surface area contributed by atoms with Crippen molar-refractivity contribution in [3.8, 4) is 0 Å². The van der Waals surface area contributed by atoms with Crippen molar-refractivity contribution in [1.82, 2.24) is 0 Å². The molecule has 98 valence electrons. The maximum atomic E-state index is 12.4. The predicted molar refractivity (Wildman–Crippen MR) is 75.8 cm³/mol. The Morgan fingerprint density at radius 3 is 2.17 bits per heavy atom. The summed E-state index contributed by atoms with van der Waals surface area (Å²) in [6.07, 6.45) is 0. The molecule has 3 nitrogen and oxygen atoms in total. The van der Waals surface area contributed by atoms with Crippen LogP contribution >= 0.6 is 19.4 Å². The van der Waals surface area contributed by atoms with Crippen LogP contribution in [0.1, 0.15) is 13.8 Å². The average molecular weight is 284 g/mol. The molecule has 0 aliphatic rings. The lowest BCUT2D eigenvalue weighted by molar-refractivity contribution is 0.285. The highest BCUT2D eigenvalue weighted by atomic mass is 32.2. The van der Waals surface area contributed by atoms with Gasteiger partial charge in [-0.2, -0.15) is 0 Å². The number of thioether (sulfide) groups is 1. The molecule has 1 aromatic rings. The van der Waals surface area contributed by atoms with Crippen LogP contribution in [0.2, 0.25) is 0 Å². The lowest BCUT2D eigenvalue weighted by atomic mass is 10.4. The van der Waals surface area contributed by atoms with Crippen LogP contribution in [-0.2, 0) is 13.6 Å². The quantitative estimate of drug-likeness (QED) is 0.447. The Morgan fingerprint density at radius 1 is 1.17 bits per heavy atom. The second kappa shape index (κ2) is 6.98. The van der Waals surface area contributed by atoms with Gasteiger partial charge in [0.05, 0.1) is 0 Å². The Morgan fingerprint density at radius 2 is 1.72 bits per heavy atom. The van der Waals surface area contributed by atoms with Crippen LogP contribution in [0.15, 0.2) is 51.2 Å². The van der Waals surface area contributed by atoms with E-state index in [9.17, 15) is 4.57 Å². The SMILES string of the molecule is COP(=O)(OC)C(=C=C(C)C)Sc1ccccc1. The van der Waals surface area contributed by atoms with Crippen LogP contribution in [0.25, 0.3) is 0 Å². The van der Waals surface area contributed by atoms with Crippen molar-refractivity contribution in [2.24, 2.45) is 0 Å². The predicted octanol–water partition coefficient (Wildman–Crippen LogP) is 4.67. The molecule has 0 fully saturated rings. The fourth-order valence-electron chi connectivity index (χ4n) is 1.20. The Hall–Kier alpha value is -0.760. The first-order chi connectivity index (χ1) is 8.51. The van der Waals surface area contributed by atoms with Gasteiger partial charge in [0.1, 0.15) is 4.65 Å². The summed E-state index contributed by atoms with van der Waals surface area (Å²) in [5.74, 6) is 0. The van der Waals surface area contributed by atoms with Gasteiger partial charge in [-0.05, 0) is 31.6 Å². The third kappa shape index (κ3) is 4.16. The first kappa shape index (κ1) is 15.3. The minimum Gasteiger partial charge on any atom is -0.308 e. The third-order valence-electron chi connectivity index (χ3n) is 2.04. The van der Waals surface area contributed by atoms with Gasteiger partial charge in [0.25, 0.3) is 0 Å². The molecule has 0 heterocycles. The molecule has 0 amide bonds. The van der Waals surface area contributed by atoms with Crippen molar-refractivity contribution in [2.75, 3.05) is 14.2 Å². The minimum absolute atomic E-state index is 0.471. The van der Waals surface area contributed by atoms with Crippen LogP contribution in [0.5, 0.6) is 0 Å². The van der Waals surface area contributed by atoms with Crippen molar-refractivity contribution < 1.29 is 13.6 Å². The van der Waals surface area contributed by atoms with E-state index < -0.39 is 7.60 Å². The second-order valence-electron chi connectivity index (χ2n) is 3.71. The molecule has 0 saturated carbocycles. The van der Waals surface area contributed by atoms with E-state index in [2.05, 4.69) is 5.73 Å². The molecular formula is C13H17O3PS. The molecule has 1 rings (SSSR count). The summed E-state index contributed by atoms with van der Waals surface area (Å²) in [5.41, 5.74) is 3.97. The highest BCUT2D eigenvalue weighted by Gasteiger charge is 2.28. The second-order valence-corrected chi connectivity index (χ2v) is 7.27. The number of rotatable bonds is 5. The molecule has 0 aromatic heterocycles. The molecule has 5 heteroatoms. The first-order valence-corrected chi connectivity index (χ1v) is 7.77. The molecule has 0 aliphatic carbocycles. The largest absolute Gasteiger partial charge is 0.375 e. The number of allylic oxidation sites excluding steroid dienone is 1. The lowest BCUT2D eigenvalue weighted by Gasteiger charge is -2.15. The summed E-state index contributed by atoms with van der Waals surface area (Å²) < 4.78 is 22.9. The Bertz CT molecular complexity index is 492. The standard InChI is InChI=1S/C13H17O3PS/c1-11(2)10-13(17(14,15-3)16-4)18-12-8-6-5-7-9-12/h5-9H,1-4H3. The average Bonchev–Trinajstić information content (AvgIpc) is 2.38. The maximum Gasteiger partial charge on any atom is 0.375 e. The number of hydrogen-bond donors (Lipinski definition) is 0. The molecule has 0 atom stereocenters. The van der Waals surface area contributed by atoms with E-state index >= 15 is 0 Å². The van der Waals surface area contributed by atoms with Gasteiger partial charge in [-0.15, -0.1) is 0 Å².